The second kappa shape index (κ2) is 12.9. The lowest BCUT2D eigenvalue weighted by molar-refractivity contribution is 0.0600. The van der Waals surface area contributed by atoms with Crippen LogP contribution in [-0.4, -0.2) is 17.1 Å². The van der Waals surface area contributed by atoms with Gasteiger partial charge in [-0.1, -0.05) is 48.0 Å². The van der Waals surface area contributed by atoms with E-state index in [1.807, 2.05) is 28.2 Å². The molecule has 0 radical (unpaired) electrons. The molecule has 4 nitrogen and oxygen atoms in total. The molecule has 0 unspecified atom stereocenters. The number of methoxy groups -OCH3 is 1. The highest BCUT2D eigenvalue weighted by Gasteiger charge is 2.27. The van der Waals surface area contributed by atoms with Crippen LogP contribution < -0.4 is 0 Å². The Morgan fingerprint density at radius 1 is 0.978 bits per heavy atom. The van der Waals surface area contributed by atoms with Gasteiger partial charge in [0.05, 0.1) is 30.0 Å². The highest BCUT2D eigenvalue weighted by Crippen LogP contribution is 2.47. The summed E-state index contributed by atoms with van der Waals surface area (Å²) in [6, 6.07) is 25.8. The second-order valence-electron chi connectivity index (χ2n) is 10.7. The maximum Gasteiger partial charge on any atom is 0.337 e. The molecule has 1 heterocycles. The van der Waals surface area contributed by atoms with Crippen molar-refractivity contribution in [1.29, 1.82) is 5.26 Å². The summed E-state index contributed by atoms with van der Waals surface area (Å²) in [5, 5.41) is 11.2. The van der Waals surface area contributed by atoms with Gasteiger partial charge in [0.25, 0.3) is 6.43 Å². The first-order chi connectivity index (χ1) is 21.8. The number of carbonyl (C=O) groups is 1. The molecule has 4 aromatic carbocycles. The van der Waals surface area contributed by atoms with E-state index in [0.29, 0.717) is 44.8 Å². The van der Waals surface area contributed by atoms with Crippen molar-refractivity contribution in [3.63, 3.8) is 0 Å². The average molecular weight is 643 g/mol. The normalized spacial score (nSPS) is 13.4. The molecule has 1 aromatic heterocycles. The van der Waals surface area contributed by atoms with Gasteiger partial charge in [-0.15, -0.1) is 0 Å². The van der Waals surface area contributed by atoms with Crippen molar-refractivity contribution in [3.8, 4) is 28.5 Å². The molecule has 5 aromatic rings. The van der Waals surface area contributed by atoms with Crippen LogP contribution in [0.5, 0.6) is 0 Å². The molecule has 0 saturated carbocycles. The van der Waals surface area contributed by atoms with E-state index >= 15 is 0 Å². The molecule has 9 heteroatoms. The number of hydrogen-bond donors (Lipinski definition) is 0. The molecule has 45 heavy (non-hydrogen) atoms. The minimum absolute atomic E-state index is 0.0754. The fraction of sp³-hybridized carbons (Fsp3) is 0.167. The van der Waals surface area contributed by atoms with E-state index in [1.54, 1.807) is 36.4 Å². The predicted octanol–water partition coefficient (Wildman–Crippen LogP) is 10.9. The molecular formula is C36H26ClF3N2O2S. The summed E-state index contributed by atoms with van der Waals surface area (Å²) in [5.74, 6) is -0.897. The van der Waals surface area contributed by atoms with Crippen LogP contribution in [0.25, 0.3) is 38.9 Å². The Hall–Kier alpha value is -4.45. The quantitative estimate of drug-likeness (QED) is 0.166. The molecule has 1 aliphatic carbocycles. The number of allylic oxidation sites excluding steroid dienone is 2. The van der Waals surface area contributed by atoms with Crippen molar-refractivity contribution in [3.05, 3.63) is 118 Å². The molecule has 6 rings (SSSR count). The van der Waals surface area contributed by atoms with E-state index in [2.05, 4.69) is 6.07 Å². The smallest absolute Gasteiger partial charge is 0.337 e. The summed E-state index contributed by atoms with van der Waals surface area (Å²) in [6.07, 6.45) is 0.514. The third-order valence-electron chi connectivity index (χ3n) is 7.96. The van der Waals surface area contributed by atoms with Gasteiger partial charge in [-0.25, -0.2) is 18.0 Å². The molecule has 0 spiro atoms. The van der Waals surface area contributed by atoms with Crippen molar-refractivity contribution in [2.45, 2.75) is 37.0 Å². The number of esters is 1. The second-order valence-corrected chi connectivity index (χ2v) is 12.1. The Balaban J connectivity index is 1.60. The van der Waals surface area contributed by atoms with E-state index in [0.717, 1.165) is 46.3 Å². The van der Waals surface area contributed by atoms with Crippen LogP contribution in [0.3, 0.4) is 0 Å². The summed E-state index contributed by atoms with van der Waals surface area (Å²) in [7, 11) is 1.31. The number of nitriles is 1. The third kappa shape index (κ3) is 5.98. The largest absolute Gasteiger partial charge is 0.465 e. The Morgan fingerprint density at radius 3 is 2.44 bits per heavy atom. The molecule has 0 fully saturated rings. The average Bonchev–Trinajstić information content (AvgIpc) is 3.37. The lowest BCUT2D eigenvalue weighted by Crippen LogP contribution is -2.01. The third-order valence-corrected chi connectivity index (χ3v) is 9.31. The summed E-state index contributed by atoms with van der Waals surface area (Å²) in [4.78, 5) is 12.8. The molecule has 0 saturated heterocycles. The van der Waals surface area contributed by atoms with Crippen molar-refractivity contribution in [2.24, 2.45) is 0 Å². The Morgan fingerprint density at radius 2 is 1.73 bits per heavy atom. The van der Waals surface area contributed by atoms with Crippen LogP contribution in [0.15, 0.2) is 95.4 Å². The monoisotopic (exact) mass is 642 g/mol. The van der Waals surface area contributed by atoms with Gasteiger partial charge >= 0.3 is 5.97 Å². The number of hydrogen-bond acceptors (Lipinski definition) is 4. The predicted molar refractivity (Wildman–Crippen MR) is 173 cm³/mol. The van der Waals surface area contributed by atoms with E-state index in [1.165, 1.54) is 43.3 Å². The minimum atomic E-state index is -2.58. The van der Waals surface area contributed by atoms with Gasteiger partial charge in [-0.2, -0.15) is 5.26 Å². The molecule has 0 atom stereocenters. The Bertz CT molecular complexity index is 2010. The highest BCUT2D eigenvalue weighted by atomic mass is 35.5. The highest BCUT2D eigenvalue weighted by molar-refractivity contribution is 7.98. The lowest BCUT2D eigenvalue weighted by Gasteiger charge is -2.19. The Kier molecular flexibility index (Phi) is 8.75. The number of ether oxygens (including phenoxy) is 1. The van der Waals surface area contributed by atoms with Gasteiger partial charge in [-0.3, -0.25) is 3.97 Å². The number of aromatic nitrogens is 1. The summed E-state index contributed by atoms with van der Waals surface area (Å²) in [5.41, 5.74) is 6.35. The minimum Gasteiger partial charge on any atom is -0.465 e. The molecule has 0 amide bonds. The van der Waals surface area contributed by atoms with Crippen LogP contribution in [0, 0.1) is 17.1 Å². The number of fused-ring (bicyclic) bond motifs is 1. The standard InChI is InChI=1S/C36H26ClF3N2O2S/c1-44-36(43)24-11-15-28(31(37)18-24)22-6-4-7-23(17-22)34-33(29-8-3-2-5-25(29)20-41)30-19-26(38)12-16-32(30)42(34)45-27-13-9-21(10-14-27)35(39)40/h4,6-7,9-19,35H,2-3,5,8H2,1H3. The Labute approximate surface area is 267 Å². The molecule has 0 bridgehead atoms. The van der Waals surface area contributed by atoms with Crippen molar-refractivity contribution in [1.82, 2.24) is 3.97 Å². The number of halogens is 4. The van der Waals surface area contributed by atoms with Crippen molar-refractivity contribution < 1.29 is 22.7 Å². The van der Waals surface area contributed by atoms with Gasteiger partial charge in [0.15, 0.2) is 0 Å². The van der Waals surface area contributed by atoms with E-state index < -0.39 is 18.2 Å². The first kappa shape index (κ1) is 30.6. The zero-order chi connectivity index (χ0) is 31.7. The van der Waals surface area contributed by atoms with Crippen LogP contribution in [-0.2, 0) is 4.74 Å². The van der Waals surface area contributed by atoms with E-state index in [4.69, 9.17) is 16.3 Å². The van der Waals surface area contributed by atoms with Gasteiger partial charge in [-0.05, 0) is 97.3 Å². The zero-order valence-corrected chi connectivity index (χ0v) is 25.7. The van der Waals surface area contributed by atoms with E-state index in [-0.39, 0.29) is 5.56 Å². The van der Waals surface area contributed by atoms with Crippen LogP contribution in [0.2, 0.25) is 5.02 Å². The topological polar surface area (TPSA) is 55.0 Å². The molecule has 0 N–H and O–H groups in total. The summed E-state index contributed by atoms with van der Waals surface area (Å²) >= 11 is 7.99. The zero-order valence-electron chi connectivity index (χ0n) is 24.1. The number of benzene rings is 4. The van der Waals surface area contributed by atoms with Gasteiger partial charge in [0.1, 0.15) is 5.82 Å². The van der Waals surface area contributed by atoms with Crippen molar-refractivity contribution in [2.75, 3.05) is 7.11 Å². The van der Waals surface area contributed by atoms with Crippen LogP contribution >= 0.6 is 23.5 Å². The maximum atomic E-state index is 14.9. The van der Waals surface area contributed by atoms with E-state index in [9.17, 15) is 23.2 Å². The fourth-order valence-corrected chi connectivity index (χ4v) is 7.11. The maximum absolute atomic E-state index is 14.9. The summed E-state index contributed by atoms with van der Waals surface area (Å²) < 4.78 is 48.3. The van der Waals surface area contributed by atoms with Gasteiger partial charge in [0, 0.05) is 43.1 Å². The number of nitrogens with zero attached hydrogens (tertiary/aromatic N) is 2. The lowest BCUT2D eigenvalue weighted by atomic mass is 9.85. The molecular weight excluding hydrogens is 617 g/mol. The van der Waals surface area contributed by atoms with Gasteiger partial charge < -0.3 is 4.74 Å². The first-order valence-corrected chi connectivity index (χ1v) is 15.5. The number of rotatable bonds is 7. The van der Waals surface area contributed by atoms with Crippen LogP contribution in [0.4, 0.5) is 13.2 Å². The SMILES string of the molecule is COC(=O)c1ccc(-c2cccc(-c3c(C4=C(C#N)CCCC4)c4cc(F)ccc4n3Sc3ccc(C(F)F)cc3)c2)c(Cl)c1. The number of alkyl halides is 2. The first-order valence-electron chi connectivity index (χ1n) is 14.3. The van der Waals surface area contributed by atoms with Crippen molar-refractivity contribution >= 4 is 46.0 Å². The fourth-order valence-electron chi connectivity index (χ4n) is 5.81. The number of carbonyl (C=O) groups excluding carboxylic acids is 1. The van der Waals surface area contributed by atoms with Gasteiger partial charge in [0.2, 0.25) is 0 Å². The summed E-state index contributed by atoms with van der Waals surface area (Å²) in [6.45, 7) is 0. The molecule has 226 valence electrons. The molecule has 0 aliphatic heterocycles. The van der Waals surface area contributed by atoms with Crippen LogP contribution in [0.1, 0.15) is 53.6 Å². The molecule has 1 aliphatic rings.